The molecular weight excluding hydrogens is 314 g/mol. The van der Waals surface area contributed by atoms with Crippen LogP contribution >= 0.6 is 0 Å². The van der Waals surface area contributed by atoms with Gasteiger partial charge in [-0.3, -0.25) is 4.79 Å². The van der Waals surface area contributed by atoms with Crippen molar-refractivity contribution in [1.29, 1.82) is 0 Å². The van der Waals surface area contributed by atoms with Crippen molar-refractivity contribution in [2.24, 2.45) is 0 Å². The standard InChI is InChI=1S/C19H25N5O/c1-23(17-7-6-14-4-2-3-5-15(14)12-17)19(25)18-13-24(22-21-18)16-8-10-20-11-9-16/h2-5,13,16-17,20H,6-12H2,1H3/t17-/m1/s1. The summed E-state index contributed by atoms with van der Waals surface area (Å²) < 4.78 is 1.87. The van der Waals surface area contributed by atoms with Crippen LogP contribution in [0.4, 0.5) is 0 Å². The van der Waals surface area contributed by atoms with Crippen molar-refractivity contribution < 1.29 is 4.79 Å². The molecule has 2 aliphatic rings. The van der Waals surface area contributed by atoms with E-state index in [0.29, 0.717) is 11.7 Å². The normalized spacial score (nSPS) is 20.9. The maximum absolute atomic E-state index is 12.8. The molecular formula is C19H25N5O. The average molecular weight is 339 g/mol. The van der Waals surface area contributed by atoms with E-state index in [4.69, 9.17) is 0 Å². The van der Waals surface area contributed by atoms with Crippen LogP contribution < -0.4 is 5.32 Å². The molecule has 1 aliphatic heterocycles. The summed E-state index contributed by atoms with van der Waals surface area (Å²) in [5, 5.41) is 11.7. The first-order valence-corrected chi connectivity index (χ1v) is 9.19. The van der Waals surface area contributed by atoms with Crippen molar-refractivity contribution in [2.45, 2.75) is 44.2 Å². The number of fused-ring (bicyclic) bond motifs is 1. The highest BCUT2D eigenvalue weighted by Crippen LogP contribution is 2.25. The largest absolute Gasteiger partial charge is 0.337 e. The number of likely N-dealkylation sites (N-methyl/N-ethyl adjacent to an activating group) is 1. The van der Waals surface area contributed by atoms with E-state index in [2.05, 4.69) is 39.9 Å². The number of carbonyl (C=O) groups excluding carboxylic acids is 1. The van der Waals surface area contributed by atoms with Gasteiger partial charge in [0.25, 0.3) is 5.91 Å². The average Bonchev–Trinajstić information content (AvgIpc) is 3.17. The molecule has 1 aliphatic carbocycles. The Kier molecular flexibility index (Phi) is 4.53. The van der Waals surface area contributed by atoms with Gasteiger partial charge in [-0.25, -0.2) is 4.68 Å². The Balaban J connectivity index is 1.45. The van der Waals surface area contributed by atoms with E-state index in [1.165, 1.54) is 11.1 Å². The minimum atomic E-state index is -0.0236. The summed E-state index contributed by atoms with van der Waals surface area (Å²) in [4.78, 5) is 14.7. The fraction of sp³-hybridized carbons (Fsp3) is 0.526. The lowest BCUT2D eigenvalue weighted by atomic mass is 9.87. The van der Waals surface area contributed by atoms with Crippen LogP contribution in [0.3, 0.4) is 0 Å². The van der Waals surface area contributed by atoms with Crippen LogP contribution in [0.1, 0.15) is 46.9 Å². The second-order valence-electron chi connectivity index (χ2n) is 7.15. The lowest BCUT2D eigenvalue weighted by Gasteiger charge is -2.32. The third kappa shape index (κ3) is 3.31. The van der Waals surface area contributed by atoms with E-state index in [1.54, 1.807) is 0 Å². The van der Waals surface area contributed by atoms with Crippen molar-refractivity contribution in [3.05, 3.63) is 47.3 Å². The Morgan fingerprint density at radius 3 is 2.76 bits per heavy atom. The summed E-state index contributed by atoms with van der Waals surface area (Å²) in [6, 6.07) is 9.11. The van der Waals surface area contributed by atoms with Crippen LogP contribution in [0.5, 0.6) is 0 Å². The summed E-state index contributed by atoms with van der Waals surface area (Å²) in [5.41, 5.74) is 3.23. The molecule has 2 heterocycles. The van der Waals surface area contributed by atoms with E-state index in [0.717, 1.165) is 45.2 Å². The van der Waals surface area contributed by atoms with Crippen LogP contribution in [-0.2, 0) is 12.8 Å². The van der Waals surface area contributed by atoms with Gasteiger partial charge < -0.3 is 10.2 Å². The third-order valence-electron chi connectivity index (χ3n) is 5.60. The molecule has 0 radical (unpaired) electrons. The third-order valence-corrected chi connectivity index (χ3v) is 5.60. The first-order valence-electron chi connectivity index (χ1n) is 9.19. The number of nitrogens with one attached hydrogen (secondary N) is 1. The Morgan fingerprint density at radius 2 is 1.96 bits per heavy atom. The maximum atomic E-state index is 12.8. The molecule has 1 amide bonds. The van der Waals surface area contributed by atoms with Gasteiger partial charge >= 0.3 is 0 Å². The van der Waals surface area contributed by atoms with Gasteiger partial charge in [-0.1, -0.05) is 29.5 Å². The van der Waals surface area contributed by atoms with E-state index < -0.39 is 0 Å². The molecule has 6 heteroatoms. The van der Waals surface area contributed by atoms with Crippen molar-refractivity contribution in [1.82, 2.24) is 25.2 Å². The molecule has 0 bridgehead atoms. The number of hydrogen-bond donors (Lipinski definition) is 1. The van der Waals surface area contributed by atoms with E-state index in [-0.39, 0.29) is 11.9 Å². The molecule has 1 aromatic carbocycles. The zero-order chi connectivity index (χ0) is 17.2. The minimum Gasteiger partial charge on any atom is -0.337 e. The van der Waals surface area contributed by atoms with Crippen molar-refractivity contribution >= 4 is 5.91 Å². The topological polar surface area (TPSA) is 63.1 Å². The molecule has 6 nitrogen and oxygen atoms in total. The highest BCUT2D eigenvalue weighted by Gasteiger charge is 2.27. The van der Waals surface area contributed by atoms with Gasteiger partial charge in [0.15, 0.2) is 5.69 Å². The molecule has 2 aromatic rings. The number of aryl methyl sites for hydroxylation is 1. The van der Waals surface area contributed by atoms with Crippen LogP contribution in [-0.4, -0.2) is 52.0 Å². The molecule has 4 rings (SSSR count). The highest BCUT2D eigenvalue weighted by molar-refractivity contribution is 5.92. The van der Waals surface area contributed by atoms with Crippen molar-refractivity contribution in [2.75, 3.05) is 20.1 Å². The fourth-order valence-corrected chi connectivity index (χ4v) is 3.98. The Labute approximate surface area is 148 Å². The summed E-state index contributed by atoms with van der Waals surface area (Å²) >= 11 is 0. The zero-order valence-corrected chi connectivity index (χ0v) is 14.7. The van der Waals surface area contributed by atoms with Crippen LogP contribution in [0.15, 0.2) is 30.5 Å². The van der Waals surface area contributed by atoms with Gasteiger partial charge in [-0.2, -0.15) is 0 Å². The molecule has 0 spiro atoms. The minimum absolute atomic E-state index is 0.0236. The van der Waals surface area contributed by atoms with Gasteiger partial charge in [0, 0.05) is 13.1 Å². The number of carbonyl (C=O) groups is 1. The predicted molar refractivity (Wildman–Crippen MR) is 95.5 cm³/mol. The van der Waals surface area contributed by atoms with Crippen molar-refractivity contribution in [3.63, 3.8) is 0 Å². The predicted octanol–water partition coefficient (Wildman–Crippen LogP) is 1.83. The molecule has 1 N–H and O–H groups in total. The van der Waals surface area contributed by atoms with E-state index >= 15 is 0 Å². The number of hydrogen-bond acceptors (Lipinski definition) is 4. The summed E-state index contributed by atoms with van der Waals surface area (Å²) in [6.45, 7) is 1.99. The van der Waals surface area contributed by atoms with Gasteiger partial charge in [-0.15, -0.1) is 5.10 Å². The number of piperidine rings is 1. The highest BCUT2D eigenvalue weighted by atomic mass is 16.2. The van der Waals surface area contributed by atoms with Gasteiger partial charge in [0.1, 0.15) is 0 Å². The number of amides is 1. The summed E-state index contributed by atoms with van der Waals surface area (Å²) in [6.07, 6.45) is 6.84. The number of rotatable bonds is 3. The number of aromatic nitrogens is 3. The summed E-state index contributed by atoms with van der Waals surface area (Å²) in [7, 11) is 1.89. The summed E-state index contributed by atoms with van der Waals surface area (Å²) in [5.74, 6) is -0.0236. The number of nitrogens with zero attached hydrogens (tertiary/aromatic N) is 4. The van der Waals surface area contributed by atoms with E-state index in [1.807, 2.05) is 22.8 Å². The maximum Gasteiger partial charge on any atom is 0.276 e. The van der Waals surface area contributed by atoms with Crippen LogP contribution in [0.25, 0.3) is 0 Å². The quantitative estimate of drug-likeness (QED) is 0.927. The monoisotopic (exact) mass is 339 g/mol. The molecule has 132 valence electrons. The second-order valence-corrected chi connectivity index (χ2v) is 7.15. The lowest BCUT2D eigenvalue weighted by Crippen LogP contribution is -2.40. The van der Waals surface area contributed by atoms with Gasteiger partial charge in [-0.05, 0) is 56.3 Å². The molecule has 1 fully saturated rings. The molecule has 0 unspecified atom stereocenters. The molecule has 0 saturated carbocycles. The fourth-order valence-electron chi connectivity index (χ4n) is 3.98. The molecule has 1 atom stereocenters. The van der Waals surface area contributed by atoms with Crippen LogP contribution in [0, 0.1) is 0 Å². The van der Waals surface area contributed by atoms with Crippen molar-refractivity contribution in [3.8, 4) is 0 Å². The van der Waals surface area contributed by atoms with Gasteiger partial charge in [0.2, 0.25) is 0 Å². The van der Waals surface area contributed by atoms with Gasteiger partial charge in [0.05, 0.1) is 12.2 Å². The lowest BCUT2D eigenvalue weighted by molar-refractivity contribution is 0.0712. The number of benzene rings is 1. The Morgan fingerprint density at radius 1 is 1.20 bits per heavy atom. The molecule has 1 aromatic heterocycles. The Bertz CT molecular complexity index is 750. The Hall–Kier alpha value is -2.21. The zero-order valence-electron chi connectivity index (χ0n) is 14.7. The molecule has 25 heavy (non-hydrogen) atoms. The van der Waals surface area contributed by atoms with Crippen LogP contribution in [0.2, 0.25) is 0 Å². The van der Waals surface area contributed by atoms with E-state index in [9.17, 15) is 4.79 Å². The first kappa shape index (κ1) is 16.3. The second kappa shape index (κ2) is 6.96. The molecule has 1 saturated heterocycles. The first-order chi connectivity index (χ1) is 12.2. The smallest absolute Gasteiger partial charge is 0.276 e. The SMILES string of the molecule is CN(C(=O)c1cn(C2CCNCC2)nn1)[C@@H]1CCc2ccccc2C1.